The van der Waals surface area contributed by atoms with Crippen molar-refractivity contribution in [3.05, 3.63) is 29.6 Å². The number of halogens is 1. The fourth-order valence-electron chi connectivity index (χ4n) is 1.15. The molecular weight excluding hydrogens is 217 g/mol. The normalized spacial score (nSPS) is 9.82. The average molecular weight is 241 g/mol. The molecule has 0 atom stereocenters. The van der Waals surface area contributed by atoms with Gasteiger partial charge in [0.25, 0.3) is 0 Å². The van der Waals surface area contributed by atoms with Crippen LogP contribution in [0.2, 0.25) is 0 Å². The molecular formula is C14H24FNO. The van der Waals surface area contributed by atoms with Gasteiger partial charge in [-0.15, -0.1) is 0 Å². The summed E-state index contributed by atoms with van der Waals surface area (Å²) < 4.78 is 18.4. The molecule has 0 spiro atoms. The molecule has 0 fully saturated rings. The van der Waals surface area contributed by atoms with Gasteiger partial charge >= 0.3 is 0 Å². The molecule has 0 amide bonds. The molecule has 0 aliphatic carbocycles. The third-order valence-electron chi connectivity index (χ3n) is 2.21. The highest BCUT2D eigenvalue weighted by molar-refractivity contribution is 5.30. The van der Waals surface area contributed by atoms with Crippen molar-refractivity contribution in [2.75, 3.05) is 13.2 Å². The molecule has 17 heavy (non-hydrogen) atoms. The van der Waals surface area contributed by atoms with Crippen molar-refractivity contribution in [3.63, 3.8) is 0 Å². The number of benzene rings is 1. The molecule has 0 bridgehead atoms. The molecule has 0 aliphatic heterocycles. The van der Waals surface area contributed by atoms with E-state index >= 15 is 0 Å². The predicted octanol–water partition coefficient (Wildman–Crippen LogP) is 3.70. The molecule has 2 nitrogen and oxygen atoms in total. The first kappa shape index (κ1) is 15.9. The Balaban J connectivity index is 0.000000557. The summed E-state index contributed by atoms with van der Waals surface area (Å²) in [7, 11) is 0. The molecule has 1 rings (SSSR count). The lowest BCUT2D eigenvalue weighted by Gasteiger charge is -2.08. The van der Waals surface area contributed by atoms with Crippen molar-refractivity contribution in [2.45, 2.75) is 40.0 Å². The van der Waals surface area contributed by atoms with Crippen LogP contribution in [0.4, 0.5) is 4.39 Å². The SMILES string of the molecule is CCCN.CCOc1ccc(C(C)C)cc1F. The van der Waals surface area contributed by atoms with E-state index in [0.29, 0.717) is 18.3 Å². The van der Waals surface area contributed by atoms with Gasteiger partial charge < -0.3 is 10.5 Å². The van der Waals surface area contributed by atoms with Gasteiger partial charge in [-0.25, -0.2) is 4.39 Å². The van der Waals surface area contributed by atoms with Gasteiger partial charge in [0.1, 0.15) is 0 Å². The molecule has 0 unspecified atom stereocenters. The number of rotatable bonds is 4. The highest BCUT2D eigenvalue weighted by Gasteiger charge is 2.05. The minimum absolute atomic E-state index is 0.270. The monoisotopic (exact) mass is 241 g/mol. The third kappa shape index (κ3) is 6.27. The summed E-state index contributed by atoms with van der Waals surface area (Å²) in [5.41, 5.74) is 6.03. The Bertz CT molecular complexity index is 311. The fraction of sp³-hybridized carbons (Fsp3) is 0.571. The van der Waals surface area contributed by atoms with Gasteiger partial charge in [-0.2, -0.15) is 0 Å². The maximum Gasteiger partial charge on any atom is 0.165 e. The van der Waals surface area contributed by atoms with E-state index in [2.05, 4.69) is 6.92 Å². The number of hydrogen-bond acceptors (Lipinski definition) is 2. The first-order valence-electron chi connectivity index (χ1n) is 6.19. The Morgan fingerprint density at radius 2 is 1.88 bits per heavy atom. The maximum atomic E-state index is 13.3. The highest BCUT2D eigenvalue weighted by atomic mass is 19.1. The highest BCUT2D eigenvalue weighted by Crippen LogP contribution is 2.22. The van der Waals surface area contributed by atoms with Gasteiger partial charge in [-0.3, -0.25) is 0 Å². The lowest BCUT2D eigenvalue weighted by atomic mass is 10.0. The van der Waals surface area contributed by atoms with E-state index in [0.717, 1.165) is 18.5 Å². The number of nitrogens with two attached hydrogens (primary N) is 1. The molecule has 98 valence electrons. The zero-order valence-electron chi connectivity index (χ0n) is 11.3. The standard InChI is InChI=1S/C11H15FO.C3H9N/c1-4-13-11-6-5-9(8(2)3)7-10(11)12;1-2-3-4/h5-8H,4H2,1-3H3;2-4H2,1H3. The Hall–Kier alpha value is -1.09. The molecule has 1 aromatic carbocycles. The smallest absolute Gasteiger partial charge is 0.165 e. The van der Waals surface area contributed by atoms with Crippen LogP contribution in [-0.2, 0) is 0 Å². The topological polar surface area (TPSA) is 35.2 Å². The molecule has 0 heterocycles. The first-order valence-corrected chi connectivity index (χ1v) is 6.19. The Kier molecular flexibility index (Phi) is 8.42. The summed E-state index contributed by atoms with van der Waals surface area (Å²) in [4.78, 5) is 0. The largest absolute Gasteiger partial charge is 0.491 e. The molecule has 0 radical (unpaired) electrons. The van der Waals surface area contributed by atoms with E-state index in [1.807, 2.05) is 26.8 Å². The van der Waals surface area contributed by atoms with Crippen molar-refractivity contribution in [1.82, 2.24) is 0 Å². The van der Waals surface area contributed by atoms with Crippen LogP contribution < -0.4 is 10.5 Å². The zero-order chi connectivity index (χ0) is 13.3. The van der Waals surface area contributed by atoms with Gasteiger partial charge in [0.2, 0.25) is 0 Å². The van der Waals surface area contributed by atoms with E-state index in [4.69, 9.17) is 10.5 Å². The van der Waals surface area contributed by atoms with Crippen molar-refractivity contribution in [3.8, 4) is 5.75 Å². The van der Waals surface area contributed by atoms with Crippen molar-refractivity contribution in [2.24, 2.45) is 5.73 Å². The number of ether oxygens (including phenoxy) is 1. The summed E-state index contributed by atoms with van der Waals surface area (Å²) >= 11 is 0. The summed E-state index contributed by atoms with van der Waals surface area (Å²) in [6.45, 7) is 9.29. The van der Waals surface area contributed by atoms with Gasteiger partial charge in [-0.05, 0) is 43.5 Å². The van der Waals surface area contributed by atoms with Gasteiger partial charge in [0, 0.05) is 0 Å². The van der Waals surface area contributed by atoms with Crippen LogP contribution in [0.5, 0.6) is 5.75 Å². The number of hydrogen-bond donors (Lipinski definition) is 1. The second kappa shape index (κ2) is 8.99. The van der Waals surface area contributed by atoms with Crippen molar-refractivity contribution in [1.29, 1.82) is 0 Å². The molecule has 1 aromatic rings. The Labute approximate surface area is 104 Å². The summed E-state index contributed by atoms with van der Waals surface area (Å²) in [5.74, 6) is 0.421. The van der Waals surface area contributed by atoms with Gasteiger partial charge in [-0.1, -0.05) is 26.8 Å². The zero-order valence-corrected chi connectivity index (χ0v) is 11.3. The molecule has 0 aromatic heterocycles. The van der Waals surface area contributed by atoms with E-state index in [1.165, 1.54) is 6.07 Å². The van der Waals surface area contributed by atoms with E-state index < -0.39 is 0 Å². The van der Waals surface area contributed by atoms with Crippen LogP contribution in [0.1, 0.15) is 45.6 Å². The van der Waals surface area contributed by atoms with E-state index in [-0.39, 0.29) is 5.82 Å². The Morgan fingerprint density at radius 3 is 2.24 bits per heavy atom. The van der Waals surface area contributed by atoms with E-state index in [9.17, 15) is 4.39 Å². The van der Waals surface area contributed by atoms with Crippen LogP contribution in [0.25, 0.3) is 0 Å². The molecule has 0 saturated carbocycles. The van der Waals surface area contributed by atoms with Crippen molar-refractivity contribution < 1.29 is 9.13 Å². The van der Waals surface area contributed by atoms with Crippen LogP contribution in [0, 0.1) is 5.82 Å². The molecule has 2 N–H and O–H groups in total. The second-order valence-electron chi connectivity index (χ2n) is 4.07. The first-order chi connectivity index (χ1) is 8.06. The Morgan fingerprint density at radius 1 is 1.29 bits per heavy atom. The average Bonchev–Trinajstić information content (AvgIpc) is 2.32. The third-order valence-corrected chi connectivity index (χ3v) is 2.21. The molecule has 3 heteroatoms. The van der Waals surface area contributed by atoms with Crippen LogP contribution in [0.15, 0.2) is 18.2 Å². The van der Waals surface area contributed by atoms with Gasteiger partial charge in [0.05, 0.1) is 6.61 Å². The van der Waals surface area contributed by atoms with Gasteiger partial charge in [0.15, 0.2) is 11.6 Å². The van der Waals surface area contributed by atoms with Crippen LogP contribution in [0.3, 0.4) is 0 Å². The summed E-state index contributed by atoms with van der Waals surface area (Å²) in [5, 5.41) is 0. The fourth-order valence-corrected chi connectivity index (χ4v) is 1.15. The minimum Gasteiger partial charge on any atom is -0.491 e. The lowest BCUT2D eigenvalue weighted by molar-refractivity contribution is 0.321. The van der Waals surface area contributed by atoms with Crippen LogP contribution in [-0.4, -0.2) is 13.2 Å². The maximum absolute atomic E-state index is 13.3. The predicted molar refractivity (Wildman–Crippen MR) is 71.0 cm³/mol. The minimum atomic E-state index is -0.270. The van der Waals surface area contributed by atoms with E-state index in [1.54, 1.807) is 6.07 Å². The lowest BCUT2D eigenvalue weighted by Crippen LogP contribution is -1.96. The second-order valence-corrected chi connectivity index (χ2v) is 4.07. The van der Waals surface area contributed by atoms with Crippen molar-refractivity contribution >= 4 is 0 Å². The van der Waals surface area contributed by atoms with Crippen LogP contribution >= 0.6 is 0 Å². The molecule has 0 aliphatic rings. The summed E-state index contributed by atoms with van der Waals surface area (Å²) in [6.07, 6.45) is 1.10. The molecule has 0 saturated heterocycles. The summed E-state index contributed by atoms with van der Waals surface area (Å²) in [6, 6.07) is 5.13. The quantitative estimate of drug-likeness (QED) is 0.872.